The minimum Gasteiger partial charge on any atom is -0.507 e. The zero-order valence-corrected chi connectivity index (χ0v) is 16.1. The van der Waals surface area contributed by atoms with Gasteiger partial charge in [-0.05, 0) is 39.7 Å². The second kappa shape index (κ2) is 7.00. The van der Waals surface area contributed by atoms with Crippen molar-refractivity contribution in [1.82, 2.24) is 15.0 Å². The maximum absolute atomic E-state index is 10.3. The molecule has 6 nitrogen and oxygen atoms in total. The summed E-state index contributed by atoms with van der Waals surface area (Å²) in [7, 11) is 1.46. The van der Waals surface area contributed by atoms with Crippen LogP contribution in [0.5, 0.6) is 17.5 Å². The Kier molecular flexibility index (Phi) is 4.17. The summed E-state index contributed by atoms with van der Waals surface area (Å²) in [6.07, 6.45) is 0. The molecular formula is C24H17N3O3. The van der Waals surface area contributed by atoms with Crippen LogP contribution >= 0.6 is 0 Å². The van der Waals surface area contributed by atoms with E-state index >= 15 is 0 Å². The highest BCUT2D eigenvalue weighted by Gasteiger charge is 2.18. The zero-order valence-electron chi connectivity index (χ0n) is 16.1. The van der Waals surface area contributed by atoms with Gasteiger partial charge >= 0.3 is 6.01 Å². The molecular weight excluding hydrogens is 378 g/mol. The molecule has 6 heteroatoms. The van der Waals surface area contributed by atoms with Gasteiger partial charge in [0.25, 0.3) is 0 Å². The number of ether oxygens (including phenoxy) is 1. The molecule has 0 aliphatic heterocycles. The Hall–Kier alpha value is -4.19. The van der Waals surface area contributed by atoms with Gasteiger partial charge in [0.15, 0.2) is 11.6 Å². The molecule has 1 heterocycles. The molecule has 0 amide bonds. The van der Waals surface area contributed by atoms with E-state index in [-0.39, 0.29) is 28.9 Å². The number of hydrogen-bond donors (Lipinski definition) is 2. The summed E-state index contributed by atoms with van der Waals surface area (Å²) in [5.41, 5.74) is 0.936. The summed E-state index contributed by atoms with van der Waals surface area (Å²) in [5.74, 6) is 0.265. The Balaban J connectivity index is 1.84. The molecule has 5 aromatic rings. The van der Waals surface area contributed by atoms with Gasteiger partial charge in [0, 0.05) is 5.56 Å². The number of hydrogen-bond acceptors (Lipinski definition) is 6. The van der Waals surface area contributed by atoms with E-state index in [0.29, 0.717) is 5.82 Å². The summed E-state index contributed by atoms with van der Waals surface area (Å²) in [6, 6.07) is 22.8. The lowest BCUT2D eigenvalue weighted by Crippen LogP contribution is -2.01. The van der Waals surface area contributed by atoms with E-state index < -0.39 is 0 Å². The lowest BCUT2D eigenvalue weighted by atomic mass is 9.97. The summed E-state index contributed by atoms with van der Waals surface area (Å²) < 4.78 is 5.29. The smallest absolute Gasteiger partial charge is 0.320 e. The molecule has 0 radical (unpaired) electrons. The predicted octanol–water partition coefficient (Wildman–Crippen LogP) is 4.93. The molecule has 0 atom stereocenters. The van der Waals surface area contributed by atoms with Crippen molar-refractivity contribution in [1.29, 1.82) is 0 Å². The van der Waals surface area contributed by atoms with Gasteiger partial charge < -0.3 is 14.9 Å². The van der Waals surface area contributed by atoms with Crippen LogP contribution in [-0.4, -0.2) is 32.3 Å². The first-order chi connectivity index (χ1) is 14.7. The number of rotatable bonds is 3. The van der Waals surface area contributed by atoms with Gasteiger partial charge in [-0.3, -0.25) is 0 Å². The van der Waals surface area contributed by atoms with E-state index in [9.17, 15) is 10.2 Å². The van der Waals surface area contributed by atoms with Gasteiger partial charge in [-0.25, -0.2) is 4.98 Å². The van der Waals surface area contributed by atoms with Crippen LogP contribution in [0.25, 0.3) is 44.3 Å². The number of benzene rings is 4. The molecule has 4 aromatic carbocycles. The van der Waals surface area contributed by atoms with Gasteiger partial charge in [0.05, 0.1) is 7.11 Å². The topological polar surface area (TPSA) is 88.4 Å². The number of fused-ring (bicyclic) bond motifs is 3. The van der Waals surface area contributed by atoms with E-state index in [0.717, 1.165) is 27.1 Å². The number of phenols is 2. The molecule has 0 bridgehead atoms. The average molecular weight is 395 g/mol. The van der Waals surface area contributed by atoms with Crippen LogP contribution in [0.4, 0.5) is 0 Å². The summed E-state index contributed by atoms with van der Waals surface area (Å²) in [5, 5.41) is 24.8. The third kappa shape index (κ3) is 2.86. The van der Waals surface area contributed by atoms with Crippen molar-refractivity contribution in [3.05, 3.63) is 72.8 Å². The number of nitrogens with zero attached hydrogens (tertiary/aromatic N) is 3. The molecule has 0 aliphatic rings. The molecule has 30 heavy (non-hydrogen) atoms. The first-order valence-electron chi connectivity index (χ1n) is 9.38. The fourth-order valence-electron chi connectivity index (χ4n) is 3.68. The van der Waals surface area contributed by atoms with Crippen molar-refractivity contribution >= 4 is 21.5 Å². The second-order valence-electron chi connectivity index (χ2n) is 6.83. The Morgan fingerprint density at radius 2 is 1.30 bits per heavy atom. The van der Waals surface area contributed by atoms with Crippen LogP contribution < -0.4 is 4.74 Å². The lowest BCUT2D eigenvalue weighted by Gasteiger charge is -2.12. The molecule has 0 fully saturated rings. The van der Waals surface area contributed by atoms with E-state index in [1.807, 2.05) is 42.5 Å². The van der Waals surface area contributed by atoms with E-state index in [1.54, 1.807) is 6.07 Å². The molecule has 0 saturated heterocycles. The van der Waals surface area contributed by atoms with Crippen molar-refractivity contribution in [2.75, 3.05) is 7.11 Å². The molecule has 5 rings (SSSR count). The maximum Gasteiger partial charge on any atom is 0.320 e. The normalized spacial score (nSPS) is 11.1. The van der Waals surface area contributed by atoms with Gasteiger partial charge in [-0.2, -0.15) is 9.97 Å². The van der Waals surface area contributed by atoms with Crippen LogP contribution in [0.1, 0.15) is 0 Å². The molecule has 0 saturated carbocycles. The molecule has 146 valence electrons. The second-order valence-corrected chi connectivity index (χ2v) is 6.83. The van der Waals surface area contributed by atoms with Crippen LogP contribution in [0.3, 0.4) is 0 Å². The minimum absolute atomic E-state index is 0.0925. The summed E-state index contributed by atoms with van der Waals surface area (Å²) >= 11 is 0. The van der Waals surface area contributed by atoms with Gasteiger partial charge in [-0.1, -0.05) is 54.6 Å². The zero-order chi connectivity index (χ0) is 20.7. The lowest BCUT2D eigenvalue weighted by molar-refractivity contribution is 0.379. The number of methoxy groups -OCH3 is 1. The van der Waals surface area contributed by atoms with Gasteiger partial charge in [-0.15, -0.1) is 0 Å². The number of aromatic hydroxyl groups is 2. The standard InChI is InChI=1S/C24H17N3O3/c1-30-24-26-22(25-23(27-24)21-19(28)11-6-12-20(21)29)18-13-14-7-2-3-8-15(14)16-9-4-5-10-17(16)18/h2-13,28-29H,1H3. The Morgan fingerprint density at radius 3 is 2.03 bits per heavy atom. The van der Waals surface area contributed by atoms with Crippen LogP contribution in [0, 0.1) is 0 Å². The highest BCUT2D eigenvalue weighted by Crippen LogP contribution is 2.38. The third-order valence-corrected chi connectivity index (χ3v) is 5.05. The first kappa shape index (κ1) is 17.9. The van der Waals surface area contributed by atoms with Crippen molar-refractivity contribution in [3.63, 3.8) is 0 Å². The van der Waals surface area contributed by atoms with Crippen molar-refractivity contribution in [3.8, 4) is 40.3 Å². The molecule has 2 N–H and O–H groups in total. The Bertz CT molecular complexity index is 1400. The van der Waals surface area contributed by atoms with E-state index in [2.05, 4.69) is 27.1 Å². The fraction of sp³-hybridized carbons (Fsp3) is 0.0417. The van der Waals surface area contributed by atoms with Crippen molar-refractivity contribution in [2.24, 2.45) is 0 Å². The van der Waals surface area contributed by atoms with Crippen molar-refractivity contribution in [2.45, 2.75) is 0 Å². The monoisotopic (exact) mass is 395 g/mol. The van der Waals surface area contributed by atoms with Crippen LogP contribution in [0.15, 0.2) is 72.8 Å². The number of aromatic nitrogens is 3. The maximum atomic E-state index is 10.3. The molecule has 0 unspecified atom stereocenters. The highest BCUT2D eigenvalue weighted by molar-refractivity contribution is 6.13. The third-order valence-electron chi connectivity index (χ3n) is 5.05. The van der Waals surface area contributed by atoms with Gasteiger partial charge in [0.2, 0.25) is 0 Å². The highest BCUT2D eigenvalue weighted by atomic mass is 16.5. The Morgan fingerprint density at radius 1 is 0.667 bits per heavy atom. The molecule has 0 spiro atoms. The van der Waals surface area contributed by atoms with Crippen LogP contribution in [0.2, 0.25) is 0 Å². The largest absolute Gasteiger partial charge is 0.507 e. The first-order valence-corrected chi connectivity index (χ1v) is 9.38. The van der Waals surface area contributed by atoms with E-state index in [1.165, 1.54) is 19.2 Å². The molecule has 0 aliphatic carbocycles. The predicted molar refractivity (Wildman–Crippen MR) is 116 cm³/mol. The van der Waals surface area contributed by atoms with E-state index in [4.69, 9.17) is 4.74 Å². The minimum atomic E-state index is -0.127. The summed E-state index contributed by atoms with van der Waals surface area (Å²) in [6.45, 7) is 0. The average Bonchev–Trinajstić information content (AvgIpc) is 2.78. The SMILES string of the molecule is COc1nc(-c2c(O)cccc2O)nc(-c2cc3ccccc3c3ccccc23)n1. The van der Waals surface area contributed by atoms with Crippen molar-refractivity contribution < 1.29 is 14.9 Å². The summed E-state index contributed by atoms with van der Waals surface area (Å²) in [4.78, 5) is 13.3. The quantitative estimate of drug-likeness (QED) is 0.421. The van der Waals surface area contributed by atoms with Gasteiger partial charge in [0.1, 0.15) is 17.1 Å². The fourth-order valence-corrected chi connectivity index (χ4v) is 3.68. The number of phenolic OH excluding ortho intramolecular Hbond substituents is 2. The van der Waals surface area contributed by atoms with Crippen LogP contribution in [-0.2, 0) is 0 Å². The Labute approximate surface area is 172 Å². The molecule has 1 aromatic heterocycles.